The first-order chi connectivity index (χ1) is 5.38. The van der Waals surface area contributed by atoms with E-state index >= 15 is 0 Å². The van der Waals surface area contributed by atoms with Gasteiger partial charge in [0.05, 0.1) is 6.20 Å². The third-order valence-corrected chi connectivity index (χ3v) is 1.86. The Hall–Kier alpha value is -1.32. The van der Waals surface area contributed by atoms with Gasteiger partial charge in [0.1, 0.15) is 5.69 Å². The molecule has 4 nitrogen and oxygen atoms in total. The van der Waals surface area contributed by atoms with Gasteiger partial charge in [-0.3, -0.25) is 4.79 Å². The molecule has 4 heteroatoms. The van der Waals surface area contributed by atoms with E-state index in [1.165, 1.54) is 0 Å². The maximum atomic E-state index is 11.1. The highest BCUT2D eigenvalue weighted by atomic mass is 16.1. The standard InChI is InChI=1S/C7H9N3O/c11-7-6-5(4-9-10-7)2-1-3-8-6/h4,8H,1-3H2,(H,10,11). The van der Waals surface area contributed by atoms with E-state index in [2.05, 4.69) is 15.5 Å². The van der Waals surface area contributed by atoms with Crippen LogP contribution in [0.4, 0.5) is 5.69 Å². The van der Waals surface area contributed by atoms with Crippen LogP contribution in [0.1, 0.15) is 12.0 Å². The lowest BCUT2D eigenvalue weighted by Crippen LogP contribution is -2.22. The molecule has 1 aliphatic heterocycles. The number of rotatable bonds is 0. The summed E-state index contributed by atoms with van der Waals surface area (Å²) in [6, 6.07) is 0. The zero-order valence-corrected chi connectivity index (χ0v) is 6.05. The van der Waals surface area contributed by atoms with E-state index in [0.717, 1.165) is 24.9 Å². The quantitative estimate of drug-likeness (QED) is 0.554. The van der Waals surface area contributed by atoms with Gasteiger partial charge in [0, 0.05) is 12.1 Å². The van der Waals surface area contributed by atoms with Gasteiger partial charge in [-0.1, -0.05) is 0 Å². The molecule has 1 aromatic heterocycles. The van der Waals surface area contributed by atoms with Crippen molar-refractivity contribution in [1.29, 1.82) is 0 Å². The van der Waals surface area contributed by atoms with Crippen LogP contribution in [0.5, 0.6) is 0 Å². The monoisotopic (exact) mass is 151 g/mol. The Morgan fingerprint density at radius 3 is 3.27 bits per heavy atom. The molecular formula is C7H9N3O. The zero-order chi connectivity index (χ0) is 7.68. The Morgan fingerprint density at radius 1 is 1.55 bits per heavy atom. The van der Waals surface area contributed by atoms with Crippen molar-refractivity contribution in [2.24, 2.45) is 0 Å². The predicted octanol–water partition coefficient (Wildman–Crippen LogP) is 0.128. The number of aryl methyl sites for hydroxylation is 1. The third-order valence-electron chi connectivity index (χ3n) is 1.86. The van der Waals surface area contributed by atoms with E-state index in [0.29, 0.717) is 5.69 Å². The summed E-state index contributed by atoms with van der Waals surface area (Å²) >= 11 is 0. The van der Waals surface area contributed by atoms with E-state index in [-0.39, 0.29) is 5.56 Å². The van der Waals surface area contributed by atoms with Gasteiger partial charge in [-0.25, -0.2) is 5.10 Å². The minimum Gasteiger partial charge on any atom is -0.380 e. The second-order valence-corrected chi connectivity index (χ2v) is 2.63. The normalized spacial score (nSPS) is 15.3. The van der Waals surface area contributed by atoms with Crippen LogP contribution < -0.4 is 10.9 Å². The van der Waals surface area contributed by atoms with E-state index in [4.69, 9.17) is 0 Å². The minimum absolute atomic E-state index is 0.109. The van der Waals surface area contributed by atoms with Crippen molar-refractivity contribution in [1.82, 2.24) is 10.2 Å². The summed E-state index contributed by atoms with van der Waals surface area (Å²) in [4.78, 5) is 11.1. The van der Waals surface area contributed by atoms with E-state index in [1.54, 1.807) is 6.20 Å². The number of hydrogen-bond acceptors (Lipinski definition) is 3. The number of nitrogens with zero attached hydrogens (tertiary/aromatic N) is 1. The lowest BCUT2D eigenvalue weighted by molar-refractivity contribution is 0.802. The number of anilines is 1. The van der Waals surface area contributed by atoms with Gasteiger partial charge in [-0.15, -0.1) is 0 Å². The number of aromatic amines is 1. The molecule has 0 atom stereocenters. The molecule has 0 spiro atoms. The molecule has 0 aliphatic carbocycles. The van der Waals surface area contributed by atoms with Crippen molar-refractivity contribution < 1.29 is 0 Å². The molecule has 0 fully saturated rings. The van der Waals surface area contributed by atoms with E-state index in [9.17, 15) is 4.79 Å². The molecule has 0 saturated heterocycles. The Bertz CT molecular complexity index is 318. The molecule has 1 aromatic rings. The fourth-order valence-electron chi connectivity index (χ4n) is 1.31. The van der Waals surface area contributed by atoms with Crippen molar-refractivity contribution in [2.75, 3.05) is 11.9 Å². The largest absolute Gasteiger partial charge is 0.380 e. The van der Waals surface area contributed by atoms with Crippen LogP contribution >= 0.6 is 0 Å². The first-order valence-corrected chi connectivity index (χ1v) is 3.68. The Balaban J connectivity index is 2.58. The molecule has 1 aliphatic rings. The molecule has 0 saturated carbocycles. The molecule has 58 valence electrons. The first-order valence-electron chi connectivity index (χ1n) is 3.68. The van der Waals surface area contributed by atoms with Gasteiger partial charge in [0.25, 0.3) is 5.56 Å². The average molecular weight is 151 g/mol. The lowest BCUT2D eigenvalue weighted by Gasteiger charge is -2.14. The Kier molecular flexibility index (Phi) is 1.38. The van der Waals surface area contributed by atoms with Gasteiger partial charge >= 0.3 is 0 Å². The molecule has 0 aromatic carbocycles. The third kappa shape index (κ3) is 1.00. The van der Waals surface area contributed by atoms with Gasteiger partial charge in [0.15, 0.2) is 0 Å². The maximum Gasteiger partial charge on any atom is 0.287 e. The molecule has 11 heavy (non-hydrogen) atoms. The van der Waals surface area contributed by atoms with Crippen LogP contribution in [0.2, 0.25) is 0 Å². The summed E-state index contributed by atoms with van der Waals surface area (Å²) in [6.45, 7) is 0.889. The average Bonchev–Trinajstić information content (AvgIpc) is 2.06. The molecule has 0 radical (unpaired) electrons. The predicted molar refractivity (Wildman–Crippen MR) is 41.7 cm³/mol. The zero-order valence-electron chi connectivity index (χ0n) is 6.05. The summed E-state index contributed by atoms with van der Waals surface area (Å²) in [5, 5.41) is 9.16. The summed E-state index contributed by atoms with van der Waals surface area (Å²) < 4.78 is 0. The highest BCUT2D eigenvalue weighted by Gasteiger charge is 2.10. The van der Waals surface area contributed by atoms with Crippen LogP contribution in [-0.4, -0.2) is 16.7 Å². The maximum absolute atomic E-state index is 11.1. The smallest absolute Gasteiger partial charge is 0.287 e. The summed E-state index contributed by atoms with van der Waals surface area (Å²) in [7, 11) is 0. The van der Waals surface area contributed by atoms with Crippen molar-refractivity contribution in [3.05, 3.63) is 22.1 Å². The summed E-state index contributed by atoms with van der Waals surface area (Å²) in [5.74, 6) is 0. The molecule has 2 N–H and O–H groups in total. The number of nitrogens with one attached hydrogen (secondary N) is 2. The van der Waals surface area contributed by atoms with Crippen molar-refractivity contribution >= 4 is 5.69 Å². The number of fused-ring (bicyclic) bond motifs is 1. The number of aromatic nitrogens is 2. The fraction of sp³-hybridized carbons (Fsp3) is 0.429. The number of H-pyrrole nitrogens is 1. The SMILES string of the molecule is O=c1[nH]ncc2c1NCCC2. The summed E-state index contributed by atoms with van der Waals surface area (Å²) in [6.07, 6.45) is 3.75. The van der Waals surface area contributed by atoms with E-state index in [1.807, 2.05) is 0 Å². The van der Waals surface area contributed by atoms with Crippen LogP contribution in [0.25, 0.3) is 0 Å². The van der Waals surface area contributed by atoms with Gasteiger partial charge in [-0.05, 0) is 12.8 Å². The van der Waals surface area contributed by atoms with Crippen molar-refractivity contribution in [3.63, 3.8) is 0 Å². The van der Waals surface area contributed by atoms with Crippen LogP contribution in [0, 0.1) is 0 Å². The van der Waals surface area contributed by atoms with Crippen LogP contribution in [-0.2, 0) is 6.42 Å². The van der Waals surface area contributed by atoms with Gasteiger partial charge < -0.3 is 5.32 Å². The topological polar surface area (TPSA) is 57.8 Å². The second-order valence-electron chi connectivity index (χ2n) is 2.63. The van der Waals surface area contributed by atoms with Crippen LogP contribution in [0.3, 0.4) is 0 Å². The first kappa shape index (κ1) is 6.39. The number of hydrogen-bond donors (Lipinski definition) is 2. The second kappa shape index (κ2) is 2.38. The molecule has 2 rings (SSSR count). The highest BCUT2D eigenvalue weighted by Crippen LogP contribution is 2.14. The van der Waals surface area contributed by atoms with E-state index < -0.39 is 0 Å². The lowest BCUT2D eigenvalue weighted by atomic mass is 10.1. The Morgan fingerprint density at radius 2 is 2.45 bits per heavy atom. The molecule has 0 amide bonds. The molecular weight excluding hydrogens is 142 g/mol. The molecule has 2 heterocycles. The van der Waals surface area contributed by atoms with Crippen molar-refractivity contribution in [2.45, 2.75) is 12.8 Å². The highest BCUT2D eigenvalue weighted by molar-refractivity contribution is 5.49. The Labute approximate surface area is 63.6 Å². The molecule has 0 unspecified atom stereocenters. The fourth-order valence-corrected chi connectivity index (χ4v) is 1.31. The van der Waals surface area contributed by atoms with Crippen molar-refractivity contribution in [3.8, 4) is 0 Å². The van der Waals surface area contributed by atoms with Crippen LogP contribution in [0.15, 0.2) is 11.0 Å². The van der Waals surface area contributed by atoms with Gasteiger partial charge in [0.2, 0.25) is 0 Å². The minimum atomic E-state index is -0.109. The summed E-state index contributed by atoms with van der Waals surface area (Å²) in [5.41, 5.74) is 1.62. The molecule has 0 bridgehead atoms. The van der Waals surface area contributed by atoms with Gasteiger partial charge in [-0.2, -0.15) is 5.10 Å².